The highest BCUT2D eigenvalue weighted by molar-refractivity contribution is 6.34. The molecule has 0 saturated heterocycles. The van der Waals surface area contributed by atoms with Gasteiger partial charge in [0.1, 0.15) is 0 Å². The standard InChI is InChI=1S/C17H19ClN2O/c1-11-9-12(2)16(15(18)10-11)20-17(21)19-13(3)14-7-5-4-6-8-14/h4-10,13H,1-3H3,(H2,19,20,21). The molecular weight excluding hydrogens is 284 g/mol. The lowest BCUT2D eigenvalue weighted by Gasteiger charge is -2.17. The van der Waals surface area contributed by atoms with Gasteiger partial charge >= 0.3 is 6.03 Å². The van der Waals surface area contributed by atoms with Gasteiger partial charge in [-0.2, -0.15) is 0 Å². The summed E-state index contributed by atoms with van der Waals surface area (Å²) in [4.78, 5) is 12.1. The van der Waals surface area contributed by atoms with Crippen molar-refractivity contribution in [2.75, 3.05) is 5.32 Å². The van der Waals surface area contributed by atoms with Crippen LogP contribution in [-0.2, 0) is 0 Å². The maximum atomic E-state index is 12.1. The van der Waals surface area contributed by atoms with Crippen molar-refractivity contribution in [1.29, 1.82) is 0 Å². The average molecular weight is 303 g/mol. The van der Waals surface area contributed by atoms with Gasteiger partial charge in [0.05, 0.1) is 16.8 Å². The number of hydrogen-bond acceptors (Lipinski definition) is 1. The molecule has 2 rings (SSSR count). The Hall–Kier alpha value is -2.00. The van der Waals surface area contributed by atoms with Gasteiger partial charge in [-0.3, -0.25) is 0 Å². The fourth-order valence-corrected chi connectivity index (χ4v) is 2.61. The first kappa shape index (κ1) is 15.4. The number of aryl methyl sites for hydroxylation is 2. The molecule has 1 atom stereocenters. The molecule has 4 heteroatoms. The summed E-state index contributed by atoms with van der Waals surface area (Å²) in [5, 5.41) is 6.28. The van der Waals surface area contributed by atoms with Gasteiger partial charge in [-0.25, -0.2) is 4.79 Å². The lowest BCUT2D eigenvalue weighted by atomic mass is 10.1. The van der Waals surface area contributed by atoms with Crippen LogP contribution in [0.3, 0.4) is 0 Å². The van der Waals surface area contributed by atoms with Gasteiger partial charge in [0.25, 0.3) is 0 Å². The number of anilines is 1. The smallest absolute Gasteiger partial charge is 0.319 e. The Balaban J connectivity index is 2.06. The summed E-state index contributed by atoms with van der Waals surface area (Å²) >= 11 is 6.19. The van der Waals surface area contributed by atoms with E-state index in [4.69, 9.17) is 11.6 Å². The average Bonchev–Trinajstić information content (AvgIpc) is 2.43. The number of rotatable bonds is 3. The minimum absolute atomic E-state index is 0.0734. The summed E-state index contributed by atoms with van der Waals surface area (Å²) in [6, 6.07) is 13.3. The van der Waals surface area contributed by atoms with E-state index < -0.39 is 0 Å². The Labute approximate surface area is 130 Å². The van der Waals surface area contributed by atoms with Crippen molar-refractivity contribution in [2.45, 2.75) is 26.8 Å². The number of carbonyl (C=O) groups excluding carboxylic acids is 1. The van der Waals surface area contributed by atoms with Gasteiger partial charge in [-0.1, -0.05) is 48.0 Å². The molecule has 0 saturated carbocycles. The van der Waals surface area contributed by atoms with E-state index in [1.54, 1.807) is 0 Å². The number of benzene rings is 2. The summed E-state index contributed by atoms with van der Waals surface area (Å²) in [5.41, 5.74) is 3.73. The molecule has 2 amide bonds. The van der Waals surface area contributed by atoms with Crippen molar-refractivity contribution < 1.29 is 4.79 Å². The number of hydrogen-bond donors (Lipinski definition) is 2. The number of nitrogens with one attached hydrogen (secondary N) is 2. The van der Waals surface area contributed by atoms with E-state index in [0.29, 0.717) is 10.7 Å². The first-order valence-electron chi connectivity index (χ1n) is 6.86. The predicted octanol–water partition coefficient (Wildman–Crippen LogP) is 4.84. The first-order valence-corrected chi connectivity index (χ1v) is 7.24. The highest BCUT2D eigenvalue weighted by Crippen LogP contribution is 2.27. The van der Waals surface area contributed by atoms with Crippen molar-refractivity contribution >= 4 is 23.3 Å². The molecular formula is C17H19ClN2O. The van der Waals surface area contributed by atoms with E-state index in [-0.39, 0.29) is 12.1 Å². The molecule has 0 aliphatic rings. The number of carbonyl (C=O) groups is 1. The molecule has 0 fully saturated rings. The van der Waals surface area contributed by atoms with E-state index in [1.165, 1.54) is 0 Å². The molecule has 21 heavy (non-hydrogen) atoms. The van der Waals surface area contributed by atoms with Gasteiger partial charge in [-0.15, -0.1) is 0 Å². The third-order valence-electron chi connectivity index (χ3n) is 3.32. The lowest BCUT2D eigenvalue weighted by Crippen LogP contribution is -2.31. The van der Waals surface area contributed by atoms with Crippen LogP contribution in [0.1, 0.15) is 29.7 Å². The Bertz CT molecular complexity index is 617. The highest BCUT2D eigenvalue weighted by atomic mass is 35.5. The predicted molar refractivity (Wildman–Crippen MR) is 87.9 cm³/mol. The van der Waals surface area contributed by atoms with Crippen LogP contribution in [0, 0.1) is 13.8 Å². The second kappa shape index (κ2) is 6.64. The Morgan fingerprint density at radius 1 is 1.14 bits per heavy atom. The van der Waals surface area contributed by atoms with Crippen molar-refractivity contribution in [3.63, 3.8) is 0 Å². The van der Waals surface area contributed by atoms with E-state index in [1.807, 2.05) is 63.2 Å². The Kier molecular flexibility index (Phi) is 4.86. The van der Waals surface area contributed by atoms with Crippen LogP contribution in [0.5, 0.6) is 0 Å². The number of halogens is 1. The quantitative estimate of drug-likeness (QED) is 0.837. The van der Waals surface area contributed by atoms with E-state index in [2.05, 4.69) is 10.6 Å². The third-order valence-corrected chi connectivity index (χ3v) is 3.62. The molecule has 110 valence electrons. The molecule has 0 heterocycles. The van der Waals surface area contributed by atoms with Crippen LogP contribution in [0.2, 0.25) is 5.02 Å². The summed E-state index contributed by atoms with van der Waals surface area (Å²) in [6.07, 6.45) is 0. The van der Waals surface area contributed by atoms with Gasteiger partial charge in [0.15, 0.2) is 0 Å². The molecule has 2 N–H and O–H groups in total. The summed E-state index contributed by atoms with van der Waals surface area (Å²) in [5.74, 6) is 0. The minimum atomic E-state index is -0.264. The van der Waals surface area contributed by atoms with E-state index in [0.717, 1.165) is 16.7 Å². The zero-order valence-electron chi connectivity index (χ0n) is 12.4. The van der Waals surface area contributed by atoms with Crippen LogP contribution in [0.15, 0.2) is 42.5 Å². The molecule has 0 aliphatic carbocycles. The molecule has 0 bridgehead atoms. The molecule has 3 nitrogen and oxygen atoms in total. The molecule has 0 aromatic heterocycles. The monoisotopic (exact) mass is 302 g/mol. The Morgan fingerprint density at radius 2 is 1.81 bits per heavy atom. The van der Waals surface area contributed by atoms with Crippen molar-refractivity contribution in [3.8, 4) is 0 Å². The van der Waals surface area contributed by atoms with Crippen molar-refractivity contribution in [2.24, 2.45) is 0 Å². The summed E-state index contributed by atoms with van der Waals surface area (Å²) < 4.78 is 0. The van der Waals surface area contributed by atoms with Crippen LogP contribution in [-0.4, -0.2) is 6.03 Å². The highest BCUT2D eigenvalue weighted by Gasteiger charge is 2.12. The van der Waals surface area contributed by atoms with Crippen LogP contribution in [0.4, 0.5) is 10.5 Å². The summed E-state index contributed by atoms with van der Waals surface area (Å²) in [7, 11) is 0. The zero-order chi connectivity index (χ0) is 15.4. The molecule has 2 aromatic rings. The molecule has 0 spiro atoms. The number of urea groups is 1. The maximum absolute atomic E-state index is 12.1. The second-order valence-electron chi connectivity index (χ2n) is 5.17. The minimum Gasteiger partial charge on any atom is -0.331 e. The SMILES string of the molecule is Cc1cc(C)c(NC(=O)NC(C)c2ccccc2)c(Cl)c1. The van der Waals surface area contributed by atoms with Crippen molar-refractivity contribution in [3.05, 3.63) is 64.2 Å². The molecule has 0 radical (unpaired) electrons. The van der Waals surface area contributed by atoms with Crippen LogP contribution in [0.25, 0.3) is 0 Å². The van der Waals surface area contributed by atoms with Crippen molar-refractivity contribution in [1.82, 2.24) is 5.32 Å². The summed E-state index contributed by atoms with van der Waals surface area (Å²) in [6.45, 7) is 5.84. The fraction of sp³-hybridized carbons (Fsp3) is 0.235. The molecule has 2 aromatic carbocycles. The van der Waals surface area contributed by atoms with Gasteiger partial charge in [-0.05, 0) is 43.5 Å². The maximum Gasteiger partial charge on any atom is 0.319 e. The number of amides is 2. The van der Waals surface area contributed by atoms with Gasteiger partial charge in [0, 0.05) is 0 Å². The third kappa shape index (κ3) is 3.99. The largest absolute Gasteiger partial charge is 0.331 e. The van der Waals surface area contributed by atoms with Gasteiger partial charge < -0.3 is 10.6 Å². The van der Waals surface area contributed by atoms with Crippen LogP contribution >= 0.6 is 11.6 Å². The second-order valence-corrected chi connectivity index (χ2v) is 5.58. The van der Waals surface area contributed by atoms with E-state index in [9.17, 15) is 4.79 Å². The van der Waals surface area contributed by atoms with Gasteiger partial charge in [0.2, 0.25) is 0 Å². The first-order chi connectivity index (χ1) is 9.97. The topological polar surface area (TPSA) is 41.1 Å². The molecule has 1 unspecified atom stereocenters. The Morgan fingerprint density at radius 3 is 2.43 bits per heavy atom. The molecule has 0 aliphatic heterocycles. The zero-order valence-corrected chi connectivity index (χ0v) is 13.2. The lowest BCUT2D eigenvalue weighted by molar-refractivity contribution is 0.249. The fourth-order valence-electron chi connectivity index (χ4n) is 2.25. The van der Waals surface area contributed by atoms with E-state index >= 15 is 0 Å². The van der Waals surface area contributed by atoms with Crippen LogP contribution < -0.4 is 10.6 Å². The normalized spacial score (nSPS) is 11.8.